The van der Waals surface area contributed by atoms with Gasteiger partial charge in [0, 0.05) is 23.9 Å². The van der Waals surface area contributed by atoms with E-state index in [1.807, 2.05) is 18.2 Å². The molecule has 0 bridgehead atoms. The first-order valence-corrected chi connectivity index (χ1v) is 6.45. The molecule has 1 aromatic carbocycles. The Balaban J connectivity index is 1.87. The quantitative estimate of drug-likeness (QED) is 0.794. The van der Waals surface area contributed by atoms with Crippen LogP contribution >= 0.6 is 15.9 Å². The third-order valence-electron chi connectivity index (χ3n) is 3.09. The van der Waals surface area contributed by atoms with Gasteiger partial charge < -0.3 is 14.8 Å². The maximum Gasteiger partial charge on any atom is 0.252 e. The second-order valence-electron chi connectivity index (χ2n) is 4.31. The first kappa shape index (κ1) is 10.4. The van der Waals surface area contributed by atoms with E-state index in [2.05, 4.69) is 21.2 Å². The molecule has 1 unspecified atom stereocenters. The van der Waals surface area contributed by atoms with Crippen LogP contribution in [0.1, 0.15) is 19.3 Å². The molecular weight excluding hydrogens is 270 g/mol. The summed E-state index contributed by atoms with van der Waals surface area (Å²) in [6.07, 6.45) is 2.95. The van der Waals surface area contributed by atoms with E-state index in [1.165, 1.54) is 0 Å². The third-order valence-corrected chi connectivity index (χ3v) is 3.58. The summed E-state index contributed by atoms with van der Waals surface area (Å²) in [5.74, 6) is 1.30. The fourth-order valence-electron chi connectivity index (χ4n) is 2.28. The van der Waals surface area contributed by atoms with Crippen molar-refractivity contribution in [3.63, 3.8) is 0 Å². The van der Waals surface area contributed by atoms with Crippen molar-refractivity contribution in [2.75, 3.05) is 13.1 Å². The summed E-state index contributed by atoms with van der Waals surface area (Å²) < 4.78 is 13.0. The Hall–Kier alpha value is -0.740. The molecule has 16 heavy (non-hydrogen) atoms. The van der Waals surface area contributed by atoms with Gasteiger partial charge in [-0.3, -0.25) is 0 Å². The minimum atomic E-state index is -0.424. The minimum Gasteiger partial charge on any atom is -0.448 e. The summed E-state index contributed by atoms with van der Waals surface area (Å²) in [6, 6.07) is 5.92. The summed E-state index contributed by atoms with van der Waals surface area (Å²) in [4.78, 5) is 0. The lowest BCUT2D eigenvalue weighted by Crippen LogP contribution is -2.39. The molecule has 0 aromatic heterocycles. The lowest BCUT2D eigenvalue weighted by Gasteiger charge is -2.25. The smallest absolute Gasteiger partial charge is 0.252 e. The topological polar surface area (TPSA) is 30.5 Å². The Morgan fingerprint density at radius 3 is 2.94 bits per heavy atom. The van der Waals surface area contributed by atoms with Crippen molar-refractivity contribution in [2.45, 2.75) is 25.0 Å². The Bertz CT molecular complexity index is 400. The van der Waals surface area contributed by atoms with Gasteiger partial charge in [0.1, 0.15) is 0 Å². The zero-order valence-corrected chi connectivity index (χ0v) is 10.5. The van der Waals surface area contributed by atoms with Gasteiger partial charge in [0.05, 0.1) is 0 Å². The molecule has 1 aromatic rings. The van der Waals surface area contributed by atoms with Crippen molar-refractivity contribution in [3.05, 3.63) is 22.7 Å². The highest BCUT2D eigenvalue weighted by molar-refractivity contribution is 9.10. The van der Waals surface area contributed by atoms with Crippen molar-refractivity contribution in [3.8, 4) is 11.5 Å². The molecule has 3 rings (SSSR count). The van der Waals surface area contributed by atoms with E-state index in [-0.39, 0.29) is 0 Å². The normalized spacial score (nSPS) is 28.1. The molecular formula is C12H14BrNO2. The summed E-state index contributed by atoms with van der Waals surface area (Å²) in [5, 5.41) is 3.37. The van der Waals surface area contributed by atoms with Gasteiger partial charge >= 0.3 is 0 Å². The standard InChI is InChI=1S/C12H14BrNO2/c13-9-2-3-10-11(8-9)16-12(15-10)4-1-6-14-7-5-12/h2-3,8,14H,1,4-7H2. The molecule has 1 N–H and O–H groups in total. The van der Waals surface area contributed by atoms with Gasteiger partial charge in [0.2, 0.25) is 0 Å². The van der Waals surface area contributed by atoms with Crippen LogP contribution < -0.4 is 14.8 Å². The van der Waals surface area contributed by atoms with Crippen LogP contribution in [0.2, 0.25) is 0 Å². The molecule has 2 aliphatic heterocycles. The van der Waals surface area contributed by atoms with E-state index in [9.17, 15) is 0 Å². The fraction of sp³-hybridized carbons (Fsp3) is 0.500. The van der Waals surface area contributed by atoms with Crippen molar-refractivity contribution in [1.29, 1.82) is 0 Å². The van der Waals surface area contributed by atoms with E-state index in [1.54, 1.807) is 0 Å². The van der Waals surface area contributed by atoms with Crippen LogP contribution in [0.5, 0.6) is 11.5 Å². The van der Waals surface area contributed by atoms with Gasteiger partial charge in [-0.15, -0.1) is 0 Å². The molecule has 1 saturated heterocycles. The Kier molecular flexibility index (Phi) is 2.56. The zero-order chi connectivity index (χ0) is 11.0. The highest BCUT2D eigenvalue weighted by Gasteiger charge is 2.41. The molecule has 2 aliphatic rings. The number of ether oxygens (including phenoxy) is 2. The maximum atomic E-state index is 6.00. The van der Waals surface area contributed by atoms with E-state index < -0.39 is 5.79 Å². The lowest BCUT2D eigenvalue weighted by atomic mass is 10.1. The van der Waals surface area contributed by atoms with Crippen molar-refractivity contribution in [1.82, 2.24) is 5.32 Å². The fourth-order valence-corrected chi connectivity index (χ4v) is 2.62. The van der Waals surface area contributed by atoms with E-state index >= 15 is 0 Å². The van der Waals surface area contributed by atoms with E-state index in [0.717, 1.165) is 48.3 Å². The highest BCUT2D eigenvalue weighted by Crippen LogP contribution is 2.44. The minimum absolute atomic E-state index is 0.424. The number of hydrogen-bond acceptors (Lipinski definition) is 3. The Morgan fingerprint density at radius 1 is 1.12 bits per heavy atom. The van der Waals surface area contributed by atoms with Crippen molar-refractivity contribution >= 4 is 15.9 Å². The van der Waals surface area contributed by atoms with Crippen molar-refractivity contribution in [2.24, 2.45) is 0 Å². The van der Waals surface area contributed by atoms with Crippen LogP contribution in [0.15, 0.2) is 22.7 Å². The largest absolute Gasteiger partial charge is 0.448 e. The number of benzene rings is 1. The highest BCUT2D eigenvalue weighted by atomic mass is 79.9. The first-order valence-electron chi connectivity index (χ1n) is 5.66. The van der Waals surface area contributed by atoms with Crippen LogP contribution in [0, 0.1) is 0 Å². The summed E-state index contributed by atoms with van der Waals surface area (Å²) >= 11 is 3.44. The number of rotatable bonds is 0. The first-order chi connectivity index (χ1) is 7.77. The maximum absolute atomic E-state index is 6.00. The van der Waals surface area contributed by atoms with Crippen LogP contribution in [0.3, 0.4) is 0 Å². The molecule has 1 fully saturated rings. The Morgan fingerprint density at radius 2 is 2.00 bits per heavy atom. The molecule has 2 heterocycles. The van der Waals surface area contributed by atoms with Crippen molar-refractivity contribution < 1.29 is 9.47 Å². The molecule has 3 nitrogen and oxygen atoms in total. The van der Waals surface area contributed by atoms with Gasteiger partial charge in [0.15, 0.2) is 11.5 Å². The molecule has 0 radical (unpaired) electrons. The molecule has 0 saturated carbocycles. The summed E-state index contributed by atoms with van der Waals surface area (Å²) in [7, 11) is 0. The second kappa shape index (κ2) is 3.93. The average Bonchev–Trinajstić information content (AvgIpc) is 2.44. The number of fused-ring (bicyclic) bond motifs is 1. The Labute approximate surface area is 103 Å². The number of nitrogens with one attached hydrogen (secondary N) is 1. The van der Waals surface area contributed by atoms with Gasteiger partial charge in [-0.25, -0.2) is 0 Å². The lowest BCUT2D eigenvalue weighted by molar-refractivity contribution is -0.0874. The molecule has 4 heteroatoms. The zero-order valence-electron chi connectivity index (χ0n) is 8.96. The monoisotopic (exact) mass is 283 g/mol. The van der Waals surface area contributed by atoms with Gasteiger partial charge in [-0.05, 0) is 31.2 Å². The number of hydrogen-bond donors (Lipinski definition) is 1. The van der Waals surface area contributed by atoms with Crippen LogP contribution in [-0.4, -0.2) is 18.9 Å². The molecule has 1 atom stereocenters. The number of halogens is 1. The van der Waals surface area contributed by atoms with Crippen LogP contribution in [-0.2, 0) is 0 Å². The van der Waals surface area contributed by atoms with Gasteiger partial charge in [-0.2, -0.15) is 0 Å². The SMILES string of the molecule is Brc1ccc2c(c1)OC1(CCCNCC1)O2. The third kappa shape index (κ3) is 1.80. The second-order valence-corrected chi connectivity index (χ2v) is 5.23. The summed E-state index contributed by atoms with van der Waals surface area (Å²) in [5.41, 5.74) is 0. The summed E-state index contributed by atoms with van der Waals surface area (Å²) in [6.45, 7) is 2.00. The van der Waals surface area contributed by atoms with Gasteiger partial charge in [-0.1, -0.05) is 15.9 Å². The molecule has 0 amide bonds. The van der Waals surface area contributed by atoms with E-state index in [0.29, 0.717) is 0 Å². The van der Waals surface area contributed by atoms with Crippen LogP contribution in [0.4, 0.5) is 0 Å². The predicted molar refractivity (Wildman–Crippen MR) is 64.8 cm³/mol. The van der Waals surface area contributed by atoms with E-state index in [4.69, 9.17) is 9.47 Å². The molecule has 86 valence electrons. The van der Waals surface area contributed by atoms with Crippen LogP contribution in [0.25, 0.3) is 0 Å². The average molecular weight is 284 g/mol. The van der Waals surface area contributed by atoms with Gasteiger partial charge in [0.25, 0.3) is 5.79 Å². The molecule has 1 spiro atoms. The molecule has 0 aliphatic carbocycles. The predicted octanol–water partition coefficient (Wildman–Crippen LogP) is 2.69.